The van der Waals surface area contributed by atoms with E-state index in [2.05, 4.69) is 23.9 Å². The Balaban J connectivity index is 2.83. The molecule has 0 aliphatic carbocycles. The smallest absolute Gasteiger partial charge is 0.491 e. The molecule has 0 aliphatic rings. The van der Waals surface area contributed by atoms with Gasteiger partial charge >= 0.3 is 12.1 Å². The van der Waals surface area contributed by atoms with Crippen LogP contribution in [0.1, 0.15) is 45.8 Å². The zero-order chi connectivity index (χ0) is 26.9. The normalized spacial score (nSPS) is 13.8. The summed E-state index contributed by atoms with van der Waals surface area (Å²) in [5, 5.41) is 11.3. The molecule has 9 nitrogen and oxygen atoms in total. The lowest BCUT2D eigenvalue weighted by atomic mass is 10.2. The van der Waals surface area contributed by atoms with Gasteiger partial charge in [0.2, 0.25) is 5.82 Å². The maximum absolute atomic E-state index is 13.5. The number of anilines is 1. The second kappa shape index (κ2) is 12.9. The summed E-state index contributed by atoms with van der Waals surface area (Å²) in [4.78, 5) is 1.84. The van der Waals surface area contributed by atoms with E-state index < -0.39 is 27.8 Å². The number of rotatable bonds is 13. The molecule has 0 saturated heterocycles. The Bertz CT molecular complexity index is 1140. The topological polar surface area (TPSA) is 102 Å². The summed E-state index contributed by atoms with van der Waals surface area (Å²) >= 11 is 0. The fraction of sp³-hybridized carbons (Fsp3) is 0.571. The van der Waals surface area contributed by atoms with E-state index in [1.165, 1.54) is 12.1 Å². The third-order valence-electron chi connectivity index (χ3n) is 4.44. The molecule has 2 aromatic rings. The minimum atomic E-state index is -5.88. The molecule has 36 heavy (non-hydrogen) atoms. The predicted octanol–water partition coefficient (Wildman–Crippen LogP) is 7.59. The third-order valence-corrected chi connectivity index (χ3v) is 5.86. The van der Waals surface area contributed by atoms with Crippen LogP contribution in [-0.2, 0) is 14.2 Å². The van der Waals surface area contributed by atoms with Gasteiger partial charge in [-0.1, -0.05) is 25.9 Å². The van der Waals surface area contributed by atoms with Crippen molar-refractivity contribution >= 4 is 32.9 Å². The highest BCUT2D eigenvalue weighted by molar-refractivity contribution is 7.90. The van der Waals surface area contributed by atoms with Crippen LogP contribution < -0.4 is 9.64 Å². The number of nitrogens with zero attached hydrogens (tertiary/aromatic N) is 5. The monoisotopic (exact) mass is 541 g/mol. The lowest BCUT2D eigenvalue weighted by molar-refractivity contribution is -0.0856. The van der Waals surface area contributed by atoms with Crippen molar-refractivity contribution in [2.24, 2.45) is 14.6 Å². The molecule has 0 saturated carbocycles. The quantitative estimate of drug-likeness (QED) is 0.191. The van der Waals surface area contributed by atoms with Crippen LogP contribution in [-0.4, -0.2) is 41.2 Å². The molecular weight excluding hydrogens is 513 g/mol. The van der Waals surface area contributed by atoms with E-state index >= 15 is 0 Å². The molecule has 0 fully saturated rings. The lowest BCUT2D eigenvalue weighted by Crippen LogP contribution is -2.27. The first kappa shape index (κ1) is 29.4. The molecule has 2 rings (SSSR count). The van der Waals surface area contributed by atoms with Crippen molar-refractivity contribution in [3.63, 3.8) is 0 Å². The van der Waals surface area contributed by atoms with Gasteiger partial charge < -0.3 is 14.2 Å². The van der Waals surface area contributed by atoms with Crippen molar-refractivity contribution < 1.29 is 39.6 Å². The molecule has 1 aromatic heterocycles. The van der Waals surface area contributed by atoms with Gasteiger partial charge in [-0.3, -0.25) is 0 Å². The van der Waals surface area contributed by atoms with Crippen molar-refractivity contribution in [1.29, 1.82) is 0 Å². The van der Waals surface area contributed by atoms with Gasteiger partial charge in [0.25, 0.3) is 10.0 Å². The van der Waals surface area contributed by atoms with Crippen molar-refractivity contribution in [2.45, 2.75) is 59.1 Å². The molecule has 1 heterocycles. The molecule has 0 spiro atoms. The molecule has 15 heteroatoms. The fourth-order valence-corrected chi connectivity index (χ4v) is 3.89. The number of hydrogen-bond acceptors (Lipinski definition) is 9. The van der Waals surface area contributed by atoms with Crippen molar-refractivity contribution in [3.05, 3.63) is 24.0 Å². The number of halogens is 5. The summed E-state index contributed by atoms with van der Waals surface area (Å²) in [7, 11) is -5.88. The number of hydrogen-bond donors (Lipinski definition) is 0. The summed E-state index contributed by atoms with van der Waals surface area (Å²) in [6.45, 7) is 4.60. The standard InChI is InChI=1S/C21H28F5N5O4S/c1-5-8-31(9-6-2)17-12-16(30-36(32,21(24,25)26)35-20(22)23)15(13-18(17)33-10-7-3)27-28-19-11-14(4)34-29-19/h11-13,20H,5-10H2,1-4H3. The Morgan fingerprint density at radius 3 is 2.22 bits per heavy atom. The number of alkyl halides is 5. The minimum Gasteiger partial charge on any atom is -0.491 e. The van der Waals surface area contributed by atoms with Gasteiger partial charge in [-0.2, -0.15) is 26.3 Å². The van der Waals surface area contributed by atoms with E-state index in [1.807, 2.05) is 25.7 Å². The Labute approximate surface area is 206 Å². The number of azo groups is 1. The van der Waals surface area contributed by atoms with Gasteiger partial charge in [0.15, 0.2) is 0 Å². The third kappa shape index (κ3) is 7.85. The Morgan fingerprint density at radius 1 is 1.06 bits per heavy atom. The van der Waals surface area contributed by atoms with Crippen molar-refractivity contribution in [2.75, 3.05) is 24.6 Å². The molecule has 1 atom stereocenters. The first-order valence-electron chi connectivity index (χ1n) is 11.1. The van der Waals surface area contributed by atoms with Crippen LogP contribution in [0, 0.1) is 6.92 Å². The van der Waals surface area contributed by atoms with Gasteiger partial charge in [-0.15, -0.1) is 10.2 Å². The first-order valence-corrected chi connectivity index (χ1v) is 12.6. The average Bonchev–Trinajstić information content (AvgIpc) is 3.20. The van der Waals surface area contributed by atoms with E-state index in [9.17, 15) is 26.2 Å². The van der Waals surface area contributed by atoms with Crippen LogP contribution in [0.2, 0.25) is 0 Å². The van der Waals surface area contributed by atoms with E-state index in [0.717, 1.165) is 6.07 Å². The highest BCUT2D eigenvalue weighted by Crippen LogP contribution is 2.43. The van der Waals surface area contributed by atoms with Crippen molar-refractivity contribution in [3.8, 4) is 5.75 Å². The number of aromatic nitrogens is 1. The number of ether oxygens (including phenoxy) is 1. The number of benzene rings is 1. The summed E-state index contributed by atoms with van der Waals surface area (Å²) in [6.07, 6.45) is 2.02. The maximum Gasteiger partial charge on any atom is 0.504 e. The van der Waals surface area contributed by atoms with Crippen LogP contribution in [0.5, 0.6) is 5.75 Å². The lowest BCUT2D eigenvalue weighted by Gasteiger charge is -2.27. The van der Waals surface area contributed by atoms with Gasteiger partial charge in [0.05, 0.1) is 12.3 Å². The van der Waals surface area contributed by atoms with E-state index in [1.54, 1.807) is 6.92 Å². The SMILES string of the molecule is CCCOc1cc(N=Nc2cc(C)on2)c(N=S(=O)(OC(F)F)C(F)(F)F)cc1N(CCC)CCC. The van der Waals surface area contributed by atoms with Crippen LogP contribution in [0.25, 0.3) is 0 Å². The van der Waals surface area contributed by atoms with Crippen molar-refractivity contribution in [1.82, 2.24) is 5.16 Å². The summed E-state index contributed by atoms with van der Waals surface area (Å²) < 4.78 is 96.0. The Kier molecular flexibility index (Phi) is 10.6. The van der Waals surface area contributed by atoms with Crippen LogP contribution in [0.3, 0.4) is 0 Å². The molecule has 1 unspecified atom stereocenters. The zero-order valence-electron chi connectivity index (χ0n) is 20.2. The summed E-state index contributed by atoms with van der Waals surface area (Å²) in [5.74, 6) is 0.658. The molecule has 0 bridgehead atoms. The average molecular weight is 542 g/mol. The summed E-state index contributed by atoms with van der Waals surface area (Å²) in [5.41, 5.74) is -6.33. The highest BCUT2D eigenvalue weighted by atomic mass is 32.2. The van der Waals surface area contributed by atoms with Crippen LogP contribution in [0.4, 0.5) is 44.8 Å². The van der Waals surface area contributed by atoms with Gasteiger partial charge in [0, 0.05) is 25.2 Å². The van der Waals surface area contributed by atoms with Gasteiger partial charge in [-0.05, 0) is 32.3 Å². The maximum atomic E-state index is 13.5. The largest absolute Gasteiger partial charge is 0.504 e. The molecule has 0 N–H and O–H groups in total. The molecule has 1 aromatic carbocycles. The second-order valence-electron chi connectivity index (χ2n) is 7.51. The number of aryl methyl sites for hydroxylation is 1. The molecule has 202 valence electrons. The molecule has 0 amide bonds. The molecule has 0 radical (unpaired) electrons. The Hall–Kier alpha value is -2.81. The second-order valence-corrected chi connectivity index (χ2v) is 9.30. The first-order chi connectivity index (χ1) is 16.9. The highest BCUT2D eigenvalue weighted by Gasteiger charge is 2.47. The van der Waals surface area contributed by atoms with E-state index in [4.69, 9.17) is 9.26 Å². The van der Waals surface area contributed by atoms with Gasteiger partial charge in [0.1, 0.15) is 22.9 Å². The minimum absolute atomic E-state index is 0.00229. The van der Waals surface area contributed by atoms with E-state index in [-0.39, 0.29) is 23.9 Å². The predicted molar refractivity (Wildman–Crippen MR) is 124 cm³/mol. The van der Waals surface area contributed by atoms with Gasteiger partial charge in [-0.25, -0.2) is 8.39 Å². The zero-order valence-corrected chi connectivity index (χ0v) is 21.0. The fourth-order valence-electron chi connectivity index (χ4n) is 3.03. The molecule has 0 aliphatic heterocycles. The summed E-state index contributed by atoms with van der Waals surface area (Å²) in [6, 6.07) is 3.82. The molecular formula is C21H28F5N5O4S. The van der Waals surface area contributed by atoms with Crippen LogP contribution in [0.15, 0.2) is 37.3 Å². The Morgan fingerprint density at radius 2 is 1.72 bits per heavy atom. The van der Waals surface area contributed by atoms with Crippen LogP contribution >= 0.6 is 0 Å². The van der Waals surface area contributed by atoms with E-state index in [0.29, 0.717) is 43.8 Å².